The van der Waals surface area contributed by atoms with E-state index in [0.29, 0.717) is 11.1 Å². The highest BCUT2D eigenvalue weighted by Crippen LogP contribution is 2.17. The van der Waals surface area contributed by atoms with Crippen molar-refractivity contribution in [2.45, 2.75) is 13.8 Å². The molecule has 2 N–H and O–H groups in total. The van der Waals surface area contributed by atoms with E-state index in [0.717, 1.165) is 18.8 Å². The highest BCUT2D eigenvalue weighted by Gasteiger charge is 2.16. The number of benzene rings is 3. The number of nitrogens with one attached hydrogen (secondary N) is 2. The zero-order chi connectivity index (χ0) is 28.4. The molecule has 200 valence electrons. The van der Waals surface area contributed by atoms with Gasteiger partial charge < -0.3 is 10.2 Å². The van der Waals surface area contributed by atoms with Gasteiger partial charge >= 0.3 is 0 Å². The first kappa shape index (κ1) is 28.2. The molecule has 3 aromatic carbocycles. The summed E-state index contributed by atoms with van der Waals surface area (Å²) in [6.45, 7) is 5.74. The van der Waals surface area contributed by atoms with E-state index >= 15 is 0 Å². The fourth-order valence-electron chi connectivity index (χ4n) is 3.57. The zero-order valence-corrected chi connectivity index (χ0v) is 21.2. The first-order valence-corrected chi connectivity index (χ1v) is 11.9. The number of hydrogen-bond acceptors (Lipinski definition) is 8. The quantitative estimate of drug-likeness (QED) is 0.162. The summed E-state index contributed by atoms with van der Waals surface area (Å²) in [7, 11) is 0. The van der Waals surface area contributed by atoms with Gasteiger partial charge in [0.15, 0.2) is 0 Å². The maximum atomic E-state index is 13.0. The monoisotopic (exact) mass is 530 g/mol. The molecule has 0 unspecified atom stereocenters. The van der Waals surface area contributed by atoms with Gasteiger partial charge in [-0.25, -0.2) is 5.43 Å². The third-order valence-corrected chi connectivity index (χ3v) is 5.63. The predicted molar refractivity (Wildman–Crippen MR) is 147 cm³/mol. The molecule has 3 rings (SSSR count). The lowest BCUT2D eigenvalue weighted by molar-refractivity contribution is -0.385. The summed E-state index contributed by atoms with van der Waals surface area (Å²) < 4.78 is 0. The maximum Gasteiger partial charge on any atom is 0.287 e. The Morgan fingerprint density at radius 1 is 0.872 bits per heavy atom. The molecular weight excluding hydrogens is 504 g/mol. The van der Waals surface area contributed by atoms with Crippen LogP contribution < -0.4 is 15.6 Å². The van der Waals surface area contributed by atoms with Crippen LogP contribution in [-0.2, 0) is 4.79 Å². The van der Waals surface area contributed by atoms with Crippen LogP contribution in [-0.4, -0.2) is 41.0 Å². The normalized spacial score (nSPS) is 11.2. The molecule has 0 atom stereocenters. The summed E-state index contributed by atoms with van der Waals surface area (Å²) in [4.78, 5) is 48.7. The molecule has 39 heavy (non-hydrogen) atoms. The Bertz CT molecular complexity index is 1410. The molecule has 0 bridgehead atoms. The second-order valence-corrected chi connectivity index (χ2v) is 8.13. The Kier molecular flexibility index (Phi) is 9.57. The van der Waals surface area contributed by atoms with E-state index in [2.05, 4.69) is 20.7 Å². The van der Waals surface area contributed by atoms with E-state index in [1.807, 2.05) is 26.0 Å². The van der Waals surface area contributed by atoms with Crippen molar-refractivity contribution < 1.29 is 19.4 Å². The Morgan fingerprint density at radius 2 is 1.51 bits per heavy atom. The molecule has 12 heteroatoms. The molecule has 12 nitrogen and oxygen atoms in total. The molecule has 0 aliphatic heterocycles. The van der Waals surface area contributed by atoms with Crippen LogP contribution in [0.2, 0.25) is 0 Å². The van der Waals surface area contributed by atoms with Crippen molar-refractivity contribution in [3.05, 3.63) is 115 Å². The average molecular weight is 531 g/mol. The third-order valence-electron chi connectivity index (χ3n) is 5.63. The van der Waals surface area contributed by atoms with Crippen molar-refractivity contribution in [1.82, 2.24) is 10.7 Å². The van der Waals surface area contributed by atoms with Gasteiger partial charge in [-0.05, 0) is 49.8 Å². The summed E-state index contributed by atoms with van der Waals surface area (Å²) in [5.74, 6) is -1.41. The van der Waals surface area contributed by atoms with Gasteiger partial charge in [-0.2, -0.15) is 5.10 Å². The fraction of sp³-hybridized carbons (Fsp3) is 0.148. The Labute approximate surface area is 223 Å². The number of anilines is 1. The van der Waals surface area contributed by atoms with Crippen LogP contribution in [0.3, 0.4) is 0 Å². The first-order chi connectivity index (χ1) is 18.7. The van der Waals surface area contributed by atoms with E-state index in [1.165, 1.54) is 54.8 Å². The number of hydrogen-bond donors (Lipinski definition) is 2. The molecule has 0 fully saturated rings. The number of nitrogens with zero attached hydrogens (tertiary/aromatic N) is 4. The van der Waals surface area contributed by atoms with Gasteiger partial charge in [0.05, 0.1) is 16.1 Å². The highest BCUT2D eigenvalue weighted by atomic mass is 16.6. The lowest BCUT2D eigenvalue weighted by atomic mass is 10.1. The summed E-state index contributed by atoms with van der Waals surface area (Å²) >= 11 is 0. The Hall–Kier alpha value is -5.39. The van der Waals surface area contributed by atoms with Crippen LogP contribution in [0.1, 0.15) is 35.3 Å². The van der Waals surface area contributed by atoms with Crippen LogP contribution in [0, 0.1) is 20.2 Å². The summed E-state index contributed by atoms with van der Waals surface area (Å²) in [5.41, 5.74) is 3.99. The SMILES string of the molecule is CCN(CC)c1ccc(/C=C(/NC(=O)c2ccc([N+](=O)[O-])cc2)C(=O)N/N=C/c2cccc([N+](=O)[O-])c2)cc1. The van der Waals surface area contributed by atoms with Crippen LogP contribution in [0.15, 0.2) is 83.6 Å². The summed E-state index contributed by atoms with van der Waals surface area (Å²) in [6.07, 6.45) is 2.70. The Balaban J connectivity index is 1.85. The van der Waals surface area contributed by atoms with Crippen molar-refractivity contribution >= 4 is 41.2 Å². The molecule has 0 aliphatic rings. The topological polar surface area (TPSA) is 160 Å². The standard InChI is InChI=1S/C27H26N6O6/c1-3-31(4-2)22-12-8-19(9-13-22)17-25(29-26(34)21-10-14-23(15-11-21)32(36)37)27(35)30-28-18-20-6-5-7-24(16-20)33(38)39/h5-18H,3-4H2,1-2H3,(H,29,34)(H,30,35)/b25-17+,28-18+. The van der Waals surface area contributed by atoms with Gasteiger partial charge in [0, 0.05) is 54.2 Å². The number of rotatable bonds is 11. The molecule has 2 amide bonds. The van der Waals surface area contributed by atoms with E-state index in [4.69, 9.17) is 0 Å². The Morgan fingerprint density at radius 3 is 2.10 bits per heavy atom. The van der Waals surface area contributed by atoms with Gasteiger partial charge in [0.25, 0.3) is 23.2 Å². The van der Waals surface area contributed by atoms with Gasteiger partial charge in [-0.1, -0.05) is 24.3 Å². The van der Waals surface area contributed by atoms with Gasteiger partial charge in [-0.15, -0.1) is 0 Å². The number of nitro groups is 2. The van der Waals surface area contributed by atoms with E-state index in [9.17, 15) is 29.8 Å². The summed E-state index contributed by atoms with van der Waals surface area (Å²) in [5, 5.41) is 28.3. The minimum Gasteiger partial charge on any atom is -0.372 e. The predicted octanol–water partition coefficient (Wildman–Crippen LogP) is 4.27. The smallest absolute Gasteiger partial charge is 0.287 e. The maximum absolute atomic E-state index is 13.0. The summed E-state index contributed by atoms with van der Waals surface area (Å²) in [6, 6.07) is 18.0. The van der Waals surface area contributed by atoms with Crippen LogP contribution in [0.5, 0.6) is 0 Å². The van der Waals surface area contributed by atoms with Crippen molar-refractivity contribution in [1.29, 1.82) is 0 Å². The molecular formula is C27H26N6O6. The van der Waals surface area contributed by atoms with Crippen LogP contribution in [0.25, 0.3) is 6.08 Å². The largest absolute Gasteiger partial charge is 0.372 e. The number of non-ortho nitro benzene ring substituents is 2. The first-order valence-electron chi connectivity index (χ1n) is 11.9. The number of amides is 2. The molecule has 0 aromatic heterocycles. The molecule has 0 heterocycles. The molecule has 0 aliphatic carbocycles. The van der Waals surface area contributed by atoms with E-state index in [1.54, 1.807) is 18.2 Å². The molecule has 3 aromatic rings. The van der Waals surface area contributed by atoms with Crippen molar-refractivity contribution in [3.63, 3.8) is 0 Å². The average Bonchev–Trinajstić information content (AvgIpc) is 2.94. The number of nitro benzene ring substituents is 2. The molecule has 0 spiro atoms. The van der Waals surface area contributed by atoms with Gasteiger partial charge in [-0.3, -0.25) is 29.8 Å². The lowest BCUT2D eigenvalue weighted by Gasteiger charge is -2.20. The minimum atomic E-state index is -0.750. The molecule has 0 saturated carbocycles. The minimum absolute atomic E-state index is 0.108. The van der Waals surface area contributed by atoms with Crippen molar-refractivity contribution in [2.75, 3.05) is 18.0 Å². The molecule has 0 saturated heterocycles. The van der Waals surface area contributed by atoms with Crippen molar-refractivity contribution in [3.8, 4) is 0 Å². The lowest BCUT2D eigenvalue weighted by Crippen LogP contribution is -2.32. The second-order valence-electron chi connectivity index (χ2n) is 8.13. The van der Waals surface area contributed by atoms with Gasteiger partial charge in [0.2, 0.25) is 0 Å². The third kappa shape index (κ3) is 7.79. The number of carbonyl (C=O) groups is 2. The highest BCUT2D eigenvalue weighted by molar-refractivity contribution is 6.05. The van der Waals surface area contributed by atoms with Gasteiger partial charge in [0.1, 0.15) is 5.70 Å². The number of hydrazone groups is 1. The number of carbonyl (C=O) groups excluding carboxylic acids is 2. The zero-order valence-electron chi connectivity index (χ0n) is 21.2. The van der Waals surface area contributed by atoms with E-state index in [-0.39, 0.29) is 22.6 Å². The fourth-order valence-corrected chi connectivity index (χ4v) is 3.57. The van der Waals surface area contributed by atoms with Crippen LogP contribution >= 0.6 is 0 Å². The van der Waals surface area contributed by atoms with E-state index < -0.39 is 21.7 Å². The second kappa shape index (κ2) is 13.2. The van der Waals surface area contributed by atoms with Crippen molar-refractivity contribution in [2.24, 2.45) is 5.10 Å². The molecule has 0 radical (unpaired) electrons. The van der Waals surface area contributed by atoms with Crippen LogP contribution in [0.4, 0.5) is 17.1 Å².